The molecule has 0 fully saturated rings. The molecule has 0 unspecified atom stereocenters. The Kier molecular flexibility index (Phi) is 16.2. The van der Waals surface area contributed by atoms with E-state index < -0.39 is 9.84 Å². The van der Waals surface area contributed by atoms with Crippen molar-refractivity contribution in [3.05, 3.63) is 84.7 Å². The molecule has 37 heavy (non-hydrogen) atoms. The van der Waals surface area contributed by atoms with Crippen molar-refractivity contribution in [1.82, 2.24) is 0 Å². The van der Waals surface area contributed by atoms with Gasteiger partial charge in [-0.15, -0.1) is 24.4 Å². The average Bonchev–Trinajstić information content (AvgIpc) is 2.85. The Balaban J connectivity index is 0.000000286. The van der Waals surface area contributed by atoms with Gasteiger partial charge in [0.1, 0.15) is 0 Å². The van der Waals surface area contributed by atoms with E-state index in [4.69, 9.17) is 80.1 Å². The van der Waals surface area contributed by atoms with Gasteiger partial charge >= 0.3 is 0 Å². The minimum absolute atomic E-state index is 0.0391. The van der Waals surface area contributed by atoms with E-state index in [1.165, 1.54) is 18.2 Å². The molecule has 0 atom stereocenters. The molecule has 0 spiro atoms. The van der Waals surface area contributed by atoms with Gasteiger partial charge in [-0.3, -0.25) is 0 Å². The third-order valence-corrected chi connectivity index (χ3v) is 9.21. The number of halogens is 6. The van der Waals surface area contributed by atoms with Crippen LogP contribution >= 0.6 is 94.0 Å². The molecule has 0 heterocycles. The summed E-state index contributed by atoms with van der Waals surface area (Å²) in [6.07, 6.45) is 0.507. The lowest BCUT2D eigenvalue weighted by Crippen LogP contribution is -2.06. The Morgan fingerprint density at radius 2 is 1.22 bits per heavy atom. The Morgan fingerprint density at radius 3 is 1.70 bits per heavy atom. The minimum atomic E-state index is -3.43. The summed E-state index contributed by atoms with van der Waals surface area (Å²) in [5, 5.41) is 19.4. The Labute approximate surface area is 256 Å². The van der Waals surface area contributed by atoms with E-state index in [0.717, 1.165) is 15.5 Å². The van der Waals surface area contributed by atoms with Gasteiger partial charge < -0.3 is 0 Å². The van der Waals surface area contributed by atoms with E-state index in [1.54, 1.807) is 42.1 Å². The lowest BCUT2D eigenvalue weighted by atomic mass is 10.4. The van der Waals surface area contributed by atoms with E-state index >= 15 is 0 Å². The topological polar surface area (TPSA) is 81.7 Å². The second-order valence-electron chi connectivity index (χ2n) is 6.73. The van der Waals surface area contributed by atoms with E-state index in [2.05, 4.69) is 18.7 Å². The molecule has 0 aliphatic heterocycles. The molecule has 3 aromatic rings. The fourth-order valence-electron chi connectivity index (χ4n) is 2.23. The van der Waals surface area contributed by atoms with Crippen molar-refractivity contribution >= 4 is 104 Å². The van der Waals surface area contributed by atoms with Gasteiger partial charge in [0.05, 0.1) is 52.9 Å². The summed E-state index contributed by atoms with van der Waals surface area (Å²) in [6, 6.07) is 18.6. The van der Waals surface area contributed by atoms with Gasteiger partial charge in [0.25, 0.3) is 0 Å². The first kappa shape index (κ1) is 34.1. The summed E-state index contributed by atoms with van der Waals surface area (Å²) >= 11 is 39.8. The van der Waals surface area contributed by atoms with Gasteiger partial charge in [0.2, 0.25) is 0 Å². The van der Waals surface area contributed by atoms with Crippen LogP contribution in [0.15, 0.2) is 69.3 Å². The second-order valence-corrected chi connectivity index (χ2v) is 13.0. The summed E-state index contributed by atoms with van der Waals surface area (Å²) in [5.41, 5.74) is 0. The number of nitriles is 2. The van der Waals surface area contributed by atoms with E-state index in [9.17, 15) is 8.42 Å². The SMILES string of the molecule is N#CCCS(=O)(=O)c1ccc(Cl)c(Cl)c1.N#CCCSc1ccc(Cl)c(Cl)c1.Sc1ccc(Cl)c(Cl)c1. The molecule has 0 aliphatic rings. The normalized spacial score (nSPS) is 10.2. The second kappa shape index (κ2) is 17.6. The Hall–Kier alpha value is -0.970. The van der Waals surface area contributed by atoms with Crippen LogP contribution in [0.1, 0.15) is 12.8 Å². The molecular weight excluding hydrogens is 657 g/mol. The highest BCUT2D eigenvalue weighted by atomic mass is 35.5. The maximum absolute atomic E-state index is 11.6. The van der Waals surface area contributed by atoms with Crippen molar-refractivity contribution < 1.29 is 8.42 Å². The van der Waals surface area contributed by atoms with Crippen molar-refractivity contribution in [2.75, 3.05) is 11.5 Å². The summed E-state index contributed by atoms with van der Waals surface area (Å²) in [6.45, 7) is 0. The molecule has 0 saturated carbocycles. The fourth-order valence-corrected chi connectivity index (χ4v) is 5.50. The smallest absolute Gasteiger partial charge is 0.179 e. The zero-order valence-corrected chi connectivity index (χ0v) is 25.8. The molecule has 0 radical (unpaired) electrons. The van der Waals surface area contributed by atoms with Crippen molar-refractivity contribution in [2.24, 2.45) is 0 Å². The number of hydrogen-bond donors (Lipinski definition) is 1. The summed E-state index contributed by atoms with van der Waals surface area (Å²) < 4.78 is 23.2. The van der Waals surface area contributed by atoms with Gasteiger partial charge in [-0.1, -0.05) is 69.6 Å². The van der Waals surface area contributed by atoms with Crippen LogP contribution in [0, 0.1) is 22.7 Å². The number of thiol groups is 1. The predicted octanol–water partition coefficient (Wildman–Crippen LogP) is 9.96. The largest absolute Gasteiger partial charge is 0.224 e. The zero-order valence-electron chi connectivity index (χ0n) is 18.8. The minimum Gasteiger partial charge on any atom is -0.224 e. The molecule has 0 N–H and O–H groups in total. The number of thioether (sulfide) groups is 1. The van der Waals surface area contributed by atoms with Crippen LogP contribution < -0.4 is 0 Å². The molecular formula is C24H18Cl6N2O2S3. The lowest BCUT2D eigenvalue weighted by Gasteiger charge is -2.03. The van der Waals surface area contributed by atoms with Crippen LogP contribution in [0.5, 0.6) is 0 Å². The van der Waals surface area contributed by atoms with Gasteiger partial charge in [0, 0.05) is 28.4 Å². The van der Waals surface area contributed by atoms with Crippen LogP contribution in [0.2, 0.25) is 30.1 Å². The highest BCUT2D eigenvalue weighted by Gasteiger charge is 2.15. The first-order valence-corrected chi connectivity index (χ1v) is 15.4. The Bertz CT molecular complexity index is 1390. The van der Waals surface area contributed by atoms with Gasteiger partial charge in [-0.25, -0.2) is 8.42 Å². The third kappa shape index (κ3) is 13.1. The van der Waals surface area contributed by atoms with E-state index in [-0.39, 0.29) is 22.1 Å². The molecule has 3 aromatic carbocycles. The van der Waals surface area contributed by atoms with E-state index in [0.29, 0.717) is 31.5 Å². The lowest BCUT2D eigenvalue weighted by molar-refractivity contribution is 0.596. The third-order valence-electron chi connectivity index (χ3n) is 4.01. The first-order valence-electron chi connectivity index (χ1n) is 10.0. The van der Waals surface area contributed by atoms with Crippen molar-refractivity contribution in [3.63, 3.8) is 0 Å². The van der Waals surface area contributed by atoms with Crippen molar-refractivity contribution in [3.8, 4) is 12.1 Å². The summed E-state index contributed by atoms with van der Waals surface area (Å²) in [7, 11) is -3.43. The van der Waals surface area contributed by atoms with Gasteiger partial charge in [-0.2, -0.15) is 10.5 Å². The first-order chi connectivity index (χ1) is 17.4. The van der Waals surface area contributed by atoms with Crippen LogP contribution in [0.25, 0.3) is 0 Å². The standard InChI is InChI=1S/C9H7Cl2NO2S.C9H7Cl2NS.C6H4Cl2S/c10-8-3-2-7(6-9(8)11)15(13,14)5-1-4-12;10-8-3-2-7(6-9(8)11)13-5-1-4-12;7-5-2-1-4(9)3-6(5)8/h2-3,6H,1,5H2;2-3,6H,1,5H2;1-3,9H. The highest BCUT2D eigenvalue weighted by Crippen LogP contribution is 2.28. The highest BCUT2D eigenvalue weighted by molar-refractivity contribution is 7.99. The number of nitrogens with zero attached hydrogens (tertiary/aromatic N) is 2. The number of benzene rings is 3. The van der Waals surface area contributed by atoms with Crippen LogP contribution in [0.4, 0.5) is 0 Å². The molecule has 0 amide bonds. The molecule has 0 aliphatic carbocycles. The number of sulfone groups is 1. The maximum atomic E-state index is 11.6. The Morgan fingerprint density at radius 1 is 0.703 bits per heavy atom. The fraction of sp³-hybridized carbons (Fsp3) is 0.167. The zero-order chi connectivity index (χ0) is 28.0. The van der Waals surface area contributed by atoms with Crippen molar-refractivity contribution in [2.45, 2.75) is 27.5 Å². The quantitative estimate of drug-likeness (QED) is 0.160. The van der Waals surface area contributed by atoms with Crippen LogP contribution in [0.3, 0.4) is 0 Å². The molecule has 0 aromatic heterocycles. The maximum Gasteiger partial charge on any atom is 0.179 e. The molecule has 4 nitrogen and oxygen atoms in total. The summed E-state index contributed by atoms with van der Waals surface area (Å²) in [4.78, 5) is 1.96. The van der Waals surface area contributed by atoms with Crippen molar-refractivity contribution in [1.29, 1.82) is 10.5 Å². The van der Waals surface area contributed by atoms with Gasteiger partial charge in [0.15, 0.2) is 9.84 Å². The van der Waals surface area contributed by atoms with E-state index in [1.807, 2.05) is 12.1 Å². The molecule has 0 saturated heterocycles. The van der Waals surface area contributed by atoms with Crippen LogP contribution in [-0.4, -0.2) is 19.9 Å². The van der Waals surface area contributed by atoms with Crippen LogP contribution in [-0.2, 0) is 9.84 Å². The monoisotopic (exact) mass is 672 g/mol. The molecule has 0 bridgehead atoms. The number of rotatable bonds is 6. The summed E-state index contributed by atoms with van der Waals surface area (Å²) in [5.74, 6) is 0.579. The molecule has 13 heteroatoms. The number of hydrogen-bond acceptors (Lipinski definition) is 6. The predicted molar refractivity (Wildman–Crippen MR) is 160 cm³/mol. The van der Waals surface area contributed by atoms with Gasteiger partial charge in [-0.05, 0) is 54.6 Å². The average molecular weight is 675 g/mol. The molecule has 3 rings (SSSR count). The molecule has 196 valence electrons.